The first kappa shape index (κ1) is 14.4. The Balaban J connectivity index is 2.14. The van der Waals surface area contributed by atoms with Crippen LogP contribution in [0.4, 0.5) is 0 Å². The van der Waals surface area contributed by atoms with E-state index in [0.29, 0.717) is 15.2 Å². The number of carboxylic acid groups (broad SMARTS) is 1. The van der Waals surface area contributed by atoms with Crippen molar-refractivity contribution in [2.24, 2.45) is 0 Å². The number of aromatic carboxylic acids is 1. The van der Waals surface area contributed by atoms with Gasteiger partial charge in [-0.1, -0.05) is 11.6 Å². The van der Waals surface area contributed by atoms with E-state index >= 15 is 0 Å². The van der Waals surface area contributed by atoms with E-state index in [4.69, 9.17) is 16.7 Å². The van der Waals surface area contributed by atoms with Crippen LogP contribution in [0.3, 0.4) is 0 Å². The van der Waals surface area contributed by atoms with Gasteiger partial charge in [-0.25, -0.2) is 4.79 Å². The third kappa shape index (κ3) is 3.72. The van der Waals surface area contributed by atoms with Gasteiger partial charge in [0, 0.05) is 27.5 Å². The lowest BCUT2D eigenvalue weighted by atomic mass is 10.2. The molecular formula is C13H9BrClNO2S. The molecule has 0 bridgehead atoms. The molecule has 0 atom stereocenters. The van der Waals surface area contributed by atoms with Crippen LogP contribution in [0.25, 0.3) is 0 Å². The van der Waals surface area contributed by atoms with E-state index in [2.05, 4.69) is 20.9 Å². The highest BCUT2D eigenvalue weighted by Crippen LogP contribution is 2.29. The fourth-order valence-corrected chi connectivity index (χ4v) is 3.06. The van der Waals surface area contributed by atoms with E-state index in [1.54, 1.807) is 24.5 Å². The summed E-state index contributed by atoms with van der Waals surface area (Å²) in [5, 5.41) is 9.67. The number of pyridine rings is 1. The molecule has 0 amide bonds. The average molecular weight is 359 g/mol. The van der Waals surface area contributed by atoms with Crippen molar-refractivity contribution in [3.05, 3.63) is 57.3 Å². The normalized spacial score (nSPS) is 10.4. The summed E-state index contributed by atoms with van der Waals surface area (Å²) in [6.45, 7) is 0. The largest absolute Gasteiger partial charge is 0.478 e. The fourth-order valence-electron chi connectivity index (χ4n) is 1.44. The zero-order valence-corrected chi connectivity index (χ0v) is 12.8. The Morgan fingerprint density at radius 1 is 1.42 bits per heavy atom. The molecule has 3 nitrogen and oxygen atoms in total. The number of hydrogen-bond acceptors (Lipinski definition) is 3. The van der Waals surface area contributed by atoms with Crippen molar-refractivity contribution in [2.75, 3.05) is 0 Å². The SMILES string of the molecule is O=C(O)c1cc(SCc2ccncc2Cl)ccc1Br. The van der Waals surface area contributed by atoms with Gasteiger partial charge < -0.3 is 5.11 Å². The van der Waals surface area contributed by atoms with Crippen LogP contribution < -0.4 is 0 Å². The van der Waals surface area contributed by atoms with Crippen LogP contribution in [-0.4, -0.2) is 16.1 Å². The summed E-state index contributed by atoms with van der Waals surface area (Å²) in [7, 11) is 0. The maximum Gasteiger partial charge on any atom is 0.336 e. The highest BCUT2D eigenvalue weighted by atomic mass is 79.9. The molecule has 6 heteroatoms. The summed E-state index contributed by atoms with van der Waals surface area (Å²) in [5.41, 5.74) is 1.23. The van der Waals surface area contributed by atoms with Crippen molar-refractivity contribution in [1.82, 2.24) is 4.98 Å². The van der Waals surface area contributed by atoms with Gasteiger partial charge in [0.25, 0.3) is 0 Å². The molecule has 1 N–H and O–H groups in total. The lowest BCUT2D eigenvalue weighted by Gasteiger charge is -2.06. The van der Waals surface area contributed by atoms with E-state index in [-0.39, 0.29) is 5.56 Å². The summed E-state index contributed by atoms with van der Waals surface area (Å²) in [6.07, 6.45) is 3.29. The molecule has 2 aromatic rings. The minimum Gasteiger partial charge on any atom is -0.478 e. The van der Waals surface area contributed by atoms with E-state index in [1.807, 2.05) is 12.1 Å². The van der Waals surface area contributed by atoms with Crippen LogP contribution in [0, 0.1) is 0 Å². The first-order valence-corrected chi connectivity index (χ1v) is 7.47. The Bertz CT molecular complexity index is 621. The minimum atomic E-state index is -0.948. The van der Waals surface area contributed by atoms with Gasteiger partial charge in [-0.2, -0.15) is 0 Å². The number of thioether (sulfide) groups is 1. The standard InChI is InChI=1S/C13H9BrClNO2S/c14-11-2-1-9(5-10(11)13(17)18)19-7-8-3-4-16-6-12(8)15/h1-6H,7H2,(H,17,18). The third-order valence-electron chi connectivity index (χ3n) is 2.42. The summed E-state index contributed by atoms with van der Waals surface area (Å²) in [4.78, 5) is 15.8. The molecule has 98 valence electrons. The topological polar surface area (TPSA) is 50.2 Å². The van der Waals surface area contributed by atoms with Crippen LogP contribution in [0.2, 0.25) is 5.02 Å². The predicted octanol–water partition coefficient (Wildman–Crippen LogP) is 4.49. The molecule has 1 aromatic carbocycles. The van der Waals surface area contributed by atoms with Gasteiger partial charge in [0.15, 0.2) is 0 Å². The third-order valence-corrected chi connectivity index (χ3v) is 4.49. The number of halogens is 2. The van der Waals surface area contributed by atoms with Crippen molar-refractivity contribution >= 4 is 45.3 Å². The number of carbonyl (C=O) groups is 1. The summed E-state index contributed by atoms with van der Waals surface area (Å²) >= 11 is 10.8. The summed E-state index contributed by atoms with van der Waals surface area (Å²) in [6, 6.07) is 7.11. The molecule has 0 aliphatic rings. The zero-order valence-electron chi connectivity index (χ0n) is 9.64. The number of rotatable bonds is 4. The van der Waals surface area contributed by atoms with Crippen LogP contribution >= 0.6 is 39.3 Å². The highest BCUT2D eigenvalue weighted by Gasteiger charge is 2.09. The monoisotopic (exact) mass is 357 g/mol. The summed E-state index contributed by atoms with van der Waals surface area (Å²) < 4.78 is 0.575. The van der Waals surface area contributed by atoms with E-state index < -0.39 is 5.97 Å². The Labute approximate surface area is 128 Å². The molecule has 0 aliphatic carbocycles. The van der Waals surface area contributed by atoms with E-state index in [0.717, 1.165) is 10.5 Å². The molecule has 2 rings (SSSR count). The lowest BCUT2D eigenvalue weighted by Crippen LogP contribution is -1.97. The zero-order chi connectivity index (χ0) is 13.8. The molecule has 19 heavy (non-hydrogen) atoms. The maximum absolute atomic E-state index is 11.0. The van der Waals surface area contributed by atoms with Gasteiger partial charge in [0.1, 0.15) is 0 Å². The number of nitrogens with zero attached hydrogens (tertiary/aromatic N) is 1. The molecule has 1 aromatic heterocycles. The van der Waals surface area contributed by atoms with Crippen molar-refractivity contribution < 1.29 is 9.90 Å². The van der Waals surface area contributed by atoms with Crippen LogP contribution in [0.5, 0.6) is 0 Å². The quantitative estimate of drug-likeness (QED) is 0.818. The predicted molar refractivity (Wildman–Crippen MR) is 79.9 cm³/mol. The first-order chi connectivity index (χ1) is 9.08. The smallest absolute Gasteiger partial charge is 0.336 e. The molecule has 0 radical (unpaired) electrons. The van der Waals surface area contributed by atoms with Gasteiger partial charge >= 0.3 is 5.97 Å². The van der Waals surface area contributed by atoms with Crippen LogP contribution in [0.1, 0.15) is 15.9 Å². The molecule has 0 unspecified atom stereocenters. The van der Waals surface area contributed by atoms with Crippen LogP contribution in [0.15, 0.2) is 46.0 Å². The second-order valence-corrected chi connectivity index (χ2v) is 6.01. The lowest BCUT2D eigenvalue weighted by molar-refractivity contribution is 0.0695. The molecule has 0 saturated carbocycles. The van der Waals surface area contributed by atoms with Gasteiger partial charge in [-0.15, -0.1) is 11.8 Å². The van der Waals surface area contributed by atoms with E-state index in [1.165, 1.54) is 11.8 Å². The molecule has 0 spiro atoms. The van der Waals surface area contributed by atoms with Gasteiger partial charge in [-0.3, -0.25) is 4.98 Å². The molecule has 1 heterocycles. The van der Waals surface area contributed by atoms with Gasteiger partial charge in [0.2, 0.25) is 0 Å². The van der Waals surface area contributed by atoms with Gasteiger partial charge in [-0.05, 0) is 45.8 Å². The highest BCUT2D eigenvalue weighted by molar-refractivity contribution is 9.10. The molecule has 0 fully saturated rings. The minimum absolute atomic E-state index is 0.255. The Hall–Kier alpha value is -1.04. The number of benzene rings is 1. The second-order valence-electron chi connectivity index (χ2n) is 3.70. The van der Waals surface area contributed by atoms with Crippen molar-refractivity contribution in [3.8, 4) is 0 Å². The van der Waals surface area contributed by atoms with Crippen molar-refractivity contribution in [1.29, 1.82) is 0 Å². The Kier molecular flexibility index (Phi) is 4.85. The number of aromatic nitrogens is 1. The Morgan fingerprint density at radius 3 is 2.89 bits per heavy atom. The average Bonchev–Trinajstić information content (AvgIpc) is 2.39. The maximum atomic E-state index is 11.0. The molecule has 0 saturated heterocycles. The molecular weight excluding hydrogens is 350 g/mol. The Morgan fingerprint density at radius 2 is 2.21 bits per heavy atom. The van der Waals surface area contributed by atoms with Crippen molar-refractivity contribution in [3.63, 3.8) is 0 Å². The van der Waals surface area contributed by atoms with E-state index in [9.17, 15) is 4.79 Å². The first-order valence-electron chi connectivity index (χ1n) is 5.32. The van der Waals surface area contributed by atoms with Crippen molar-refractivity contribution in [2.45, 2.75) is 10.6 Å². The number of hydrogen-bond donors (Lipinski definition) is 1. The fraction of sp³-hybridized carbons (Fsp3) is 0.0769. The molecule has 0 aliphatic heterocycles. The van der Waals surface area contributed by atoms with Gasteiger partial charge in [0.05, 0.1) is 10.6 Å². The summed E-state index contributed by atoms with van der Waals surface area (Å²) in [5.74, 6) is -0.279. The number of carboxylic acids is 1. The second kappa shape index (κ2) is 6.41. The van der Waals surface area contributed by atoms with Crippen LogP contribution in [-0.2, 0) is 5.75 Å².